The zero-order chi connectivity index (χ0) is 21.9. The molecule has 0 unspecified atom stereocenters. The van der Waals surface area contributed by atoms with E-state index in [1.807, 2.05) is 48.0 Å². The number of nitrogens with one attached hydrogen (secondary N) is 1. The Hall–Kier alpha value is -2.50. The third kappa shape index (κ3) is 6.78. The topological polar surface area (TPSA) is 63.6 Å². The predicted octanol–water partition coefficient (Wildman–Crippen LogP) is 4.52. The van der Waals surface area contributed by atoms with Crippen molar-refractivity contribution in [3.8, 4) is 5.75 Å². The van der Waals surface area contributed by atoms with E-state index >= 15 is 0 Å². The van der Waals surface area contributed by atoms with Crippen LogP contribution in [0, 0.1) is 0 Å². The molecule has 6 nitrogen and oxygen atoms in total. The van der Waals surface area contributed by atoms with Gasteiger partial charge in [0.05, 0.1) is 12.7 Å². The second-order valence-corrected chi connectivity index (χ2v) is 7.98. The molecule has 0 bridgehead atoms. The van der Waals surface area contributed by atoms with Crippen molar-refractivity contribution in [2.75, 3.05) is 27.2 Å². The minimum absolute atomic E-state index is 0.0467. The van der Waals surface area contributed by atoms with Gasteiger partial charge in [-0.2, -0.15) is 0 Å². The van der Waals surface area contributed by atoms with Crippen LogP contribution in [-0.4, -0.2) is 48.5 Å². The third-order valence-corrected chi connectivity index (χ3v) is 5.57. The van der Waals surface area contributed by atoms with Gasteiger partial charge in [0.25, 0.3) is 5.91 Å². The number of aromatic nitrogens is 1. The summed E-state index contributed by atoms with van der Waals surface area (Å²) >= 11 is 0. The lowest BCUT2D eigenvalue weighted by atomic mass is 10.1. The highest BCUT2D eigenvalue weighted by Crippen LogP contribution is 2.25. The Morgan fingerprint density at radius 1 is 1.10 bits per heavy atom. The monoisotopic (exact) mass is 415 g/mol. The number of rotatable bonds is 13. The predicted molar refractivity (Wildman–Crippen MR) is 122 cm³/mol. The lowest BCUT2D eigenvalue weighted by Crippen LogP contribution is -2.27. The standard InChI is InChI=1S/C24H37N3O3/c1-5-6-16-26(2)23(28)12-10-8-7-9-11-15-25-24(29)21-18-27(3)22-14-13-19(30-4)17-20(21)22/h13-14,17-18H,5-12,15-16H2,1-4H3,(H,25,29). The first-order valence-corrected chi connectivity index (χ1v) is 11.1. The molecule has 1 heterocycles. The van der Waals surface area contributed by atoms with Crippen LogP contribution in [0.2, 0.25) is 0 Å². The van der Waals surface area contributed by atoms with Crippen LogP contribution < -0.4 is 10.1 Å². The van der Waals surface area contributed by atoms with Gasteiger partial charge >= 0.3 is 0 Å². The highest BCUT2D eigenvalue weighted by Gasteiger charge is 2.14. The molecule has 0 radical (unpaired) electrons. The fourth-order valence-corrected chi connectivity index (χ4v) is 3.62. The van der Waals surface area contributed by atoms with Crippen LogP contribution in [0.1, 0.15) is 68.6 Å². The van der Waals surface area contributed by atoms with Crippen LogP contribution in [-0.2, 0) is 11.8 Å². The molecule has 0 fully saturated rings. The van der Waals surface area contributed by atoms with Crippen LogP contribution >= 0.6 is 0 Å². The average molecular weight is 416 g/mol. The maximum atomic E-state index is 12.6. The number of nitrogens with zero attached hydrogens (tertiary/aromatic N) is 2. The molecular formula is C24H37N3O3. The molecule has 1 aromatic carbocycles. The summed E-state index contributed by atoms with van der Waals surface area (Å²) < 4.78 is 7.25. The smallest absolute Gasteiger partial charge is 0.253 e. The molecule has 0 spiro atoms. The first kappa shape index (κ1) is 23.8. The molecule has 2 rings (SSSR count). The van der Waals surface area contributed by atoms with Crippen LogP contribution in [0.3, 0.4) is 0 Å². The van der Waals surface area contributed by atoms with Gasteiger partial charge in [0, 0.05) is 50.7 Å². The molecule has 1 aromatic heterocycles. The van der Waals surface area contributed by atoms with Gasteiger partial charge in [0.2, 0.25) is 5.91 Å². The zero-order valence-electron chi connectivity index (χ0n) is 19.0. The second-order valence-electron chi connectivity index (χ2n) is 7.98. The van der Waals surface area contributed by atoms with E-state index < -0.39 is 0 Å². The number of hydrogen-bond donors (Lipinski definition) is 1. The van der Waals surface area contributed by atoms with E-state index in [2.05, 4.69) is 12.2 Å². The number of aryl methyl sites for hydroxylation is 1. The summed E-state index contributed by atoms with van der Waals surface area (Å²) in [6, 6.07) is 5.78. The molecule has 30 heavy (non-hydrogen) atoms. The minimum Gasteiger partial charge on any atom is -0.497 e. The molecule has 0 aliphatic rings. The number of benzene rings is 1. The Morgan fingerprint density at radius 2 is 1.83 bits per heavy atom. The van der Waals surface area contributed by atoms with Crippen molar-refractivity contribution < 1.29 is 14.3 Å². The van der Waals surface area contributed by atoms with Crippen molar-refractivity contribution in [3.63, 3.8) is 0 Å². The first-order chi connectivity index (χ1) is 14.5. The average Bonchev–Trinajstić information content (AvgIpc) is 3.09. The zero-order valence-corrected chi connectivity index (χ0v) is 19.0. The summed E-state index contributed by atoms with van der Waals surface area (Å²) in [7, 11) is 5.47. The maximum absolute atomic E-state index is 12.6. The molecule has 0 aliphatic heterocycles. The lowest BCUT2D eigenvalue weighted by Gasteiger charge is -2.16. The second kappa shape index (κ2) is 12.3. The molecule has 2 amide bonds. The Morgan fingerprint density at radius 3 is 2.57 bits per heavy atom. The molecule has 166 valence electrons. The molecule has 2 aromatic rings. The Balaban J connectivity index is 1.65. The van der Waals surface area contributed by atoms with Gasteiger partial charge in [-0.25, -0.2) is 0 Å². The van der Waals surface area contributed by atoms with E-state index in [0.29, 0.717) is 18.5 Å². The first-order valence-electron chi connectivity index (χ1n) is 11.1. The number of ether oxygens (including phenoxy) is 1. The Bertz CT molecular complexity index is 828. The summed E-state index contributed by atoms with van der Waals surface area (Å²) in [6.45, 7) is 3.66. The molecule has 0 atom stereocenters. The number of amides is 2. The number of methoxy groups -OCH3 is 1. The number of fused-ring (bicyclic) bond motifs is 1. The molecular weight excluding hydrogens is 378 g/mol. The van der Waals surface area contributed by atoms with Crippen LogP contribution in [0.4, 0.5) is 0 Å². The summed E-state index contributed by atoms with van der Waals surface area (Å²) in [6.07, 6.45) is 9.80. The van der Waals surface area contributed by atoms with E-state index in [1.54, 1.807) is 7.11 Å². The van der Waals surface area contributed by atoms with E-state index in [9.17, 15) is 9.59 Å². The largest absolute Gasteiger partial charge is 0.497 e. The fraction of sp³-hybridized carbons (Fsp3) is 0.583. The normalized spacial score (nSPS) is 10.9. The van der Waals surface area contributed by atoms with Crippen molar-refractivity contribution in [2.24, 2.45) is 7.05 Å². The number of hydrogen-bond acceptors (Lipinski definition) is 3. The number of unbranched alkanes of at least 4 members (excludes halogenated alkanes) is 5. The summed E-state index contributed by atoms with van der Waals surface area (Å²) in [4.78, 5) is 26.5. The summed E-state index contributed by atoms with van der Waals surface area (Å²) in [5.74, 6) is 0.954. The van der Waals surface area contributed by atoms with Crippen molar-refractivity contribution in [1.82, 2.24) is 14.8 Å². The van der Waals surface area contributed by atoms with Crippen molar-refractivity contribution in [1.29, 1.82) is 0 Å². The van der Waals surface area contributed by atoms with Crippen LogP contribution in [0.15, 0.2) is 24.4 Å². The Labute approximate surface area is 180 Å². The van der Waals surface area contributed by atoms with Gasteiger partial charge in [0.15, 0.2) is 0 Å². The van der Waals surface area contributed by atoms with Gasteiger partial charge in [0.1, 0.15) is 5.75 Å². The summed E-state index contributed by atoms with van der Waals surface area (Å²) in [5, 5.41) is 3.94. The van der Waals surface area contributed by atoms with Crippen LogP contribution in [0.25, 0.3) is 10.9 Å². The maximum Gasteiger partial charge on any atom is 0.253 e. The number of carbonyl (C=O) groups is 2. The molecule has 0 aliphatic carbocycles. The van der Waals surface area contributed by atoms with Gasteiger partial charge in [-0.1, -0.05) is 32.6 Å². The van der Waals surface area contributed by atoms with Gasteiger partial charge in [-0.3, -0.25) is 9.59 Å². The van der Waals surface area contributed by atoms with Gasteiger partial charge in [-0.15, -0.1) is 0 Å². The van der Waals surface area contributed by atoms with Crippen LogP contribution in [0.5, 0.6) is 5.75 Å². The van der Waals surface area contributed by atoms with E-state index in [4.69, 9.17) is 4.74 Å². The van der Waals surface area contributed by atoms with Crippen molar-refractivity contribution in [3.05, 3.63) is 30.0 Å². The Kier molecular flexibility index (Phi) is 9.71. The molecule has 0 saturated carbocycles. The highest BCUT2D eigenvalue weighted by atomic mass is 16.5. The third-order valence-electron chi connectivity index (χ3n) is 5.57. The van der Waals surface area contributed by atoms with E-state index in [0.717, 1.165) is 68.1 Å². The quantitative estimate of drug-likeness (QED) is 0.489. The van der Waals surface area contributed by atoms with Gasteiger partial charge in [-0.05, 0) is 37.5 Å². The molecule has 6 heteroatoms. The van der Waals surface area contributed by atoms with Gasteiger partial charge < -0.3 is 19.5 Å². The summed E-state index contributed by atoms with van der Waals surface area (Å²) in [5.41, 5.74) is 1.69. The lowest BCUT2D eigenvalue weighted by molar-refractivity contribution is -0.130. The molecule has 1 N–H and O–H groups in total. The fourth-order valence-electron chi connectivity index (χ4n) is 3.62. The van der Waals surface area contributed by atoms with Crippen molar-refractivity contribution in [2.45, 2.75) is 58.3 Å². The highest BCUT2D eigenvalue weighted by molar-refractivity contribution is 6.07. The SMILES string of the molecule is CCCCN(C)C(=O)CCCCCCCNC(=O)c1cn(C)c2ccc(OC)cc12. The molecule has 0 saturated heterocycles. The van der Waals surface area contributed by atoms with Crippen molar-refractivity contribution >= 4 is 22.7 Å². The minimum atomic E-state index is -0.0467. The van der Waals surface area contributed by atoms with E-state index in [-0.39, 0.29) is 11.8 Å². The number of carbonyl (C=O) groups excluding carboxylic acids is 2. The van der Waals surface area contributed by atoms with E-state index in [1.165, 1.54) is 0 Å².